The van der Waals surface area contributed by atoms with E-state index >= 15 is 0 Å². The van der Waals surface area contributed by atoms with Crippen LogP contribution in [0, 0.1) is 0 Å². The van der Waals surface area contributed by atoms with Crippen molar-refractivity contribution in [2.45, 2.75) is 0 Å². The summed E-state index contributed by atoms with van der Waals surface area (Å²) in [6.45, 7) is 0. The van der Waals surface area contributed by atoms with Crippen molar-refractivity contribution in [3.63, 3.8) is 0 Å². The van der Waals surface area contributed by atoms with Crippen LogP contribution < -0.4 is 5.32 Å². The van der Waals surface area contributed by atoms with E-state index in [-0.39, 0.29) is 23.1 Å². The molecule has 2 N–H and O–H groups in total. The van der Waals surface area contributed by atoms with E-state index in [0.29, 0.717) is 10.7 Å². The second kappa shape index (κ2) is 5.68. The Morgan fingerprint density at radius 2 is 1.90 bits per heavy atom. The van der Waals surface area contributed by atoms with Gasteiger partial charge in [0, 0.05) is 29.5 Å². The number of carbonyl (C=O) groups excluding carboxylic acids is 2. The van der Waals surface area contributed by atoms with Crippen LogP contribution in [0.1, 0.15) is 26.5 Å². The van der Waals surface area contributed by atoms with Gasteiger partial charge in [0.15, 0.2) is 11.0 Å². The first-order valence-corrected chi connectivity index (χ1v) is 6.97. The van der Waals surface area contributed by atoms with Crippen LogP contribution >= 0.6 is 11.3 Å². The molecule has 0 atom stereocenters. The number of benzene rings is 1. The molecule has 0 unspecified atom stereocenters. The number of hydrogen-bond donors (Lipinski definition) is 2. The fourth-order valence-corrected chi connectivity index (χ4v) is 2.37. The van der Waals surface area contributed by atoms with Gasteiger partial charge in [-0.25, -0.2) is 9.97 Å². The first kappa shape index (κ1) is 13.2. The van der Waals surface area contributed by atoms with E-state index in [1.54, 1.807) is 42.0 Å². The molecule has 7 heteroatoms. The Hall–Kier alpha value is -2.80. The van der Waals surface area contributed by atoms with Gasteiger partial charge in [-0.15, -0.1) is 11.3 Å². The number of nitrogens with zero attached hydrogens (tertiary/aromatic N) is 2. The highest BCUT2D eigenvalue weighted by Crippen LogP contribution is 2.16. The third kappa shape index (κ3) is 2.72. The van der Waals surface area contributed by atoms with Crippen LogP contribution in [0.15, 0.2) is 48.2 Å². The van der Waals surface area contributed by atoms with Crippen LogP contribution in [0.5, 0.6) is 0 Å². The lowest BCUT2D eigenvalue weighted by Crippen LogP contribution is -2.17. The fraction of sp³-hybridized carbons (Fsp3) is 0. The number of imidazole rings is 1. The van der Waals surface area contributed by atoms with Gasteiger partial charge in [0.1, 0.15) is 0 Å². The molecule has 0 saturated carbocycles. The summed E-state index contributed by atoms with van der Waals surface area (Å²) in [5, 5.41) is 4.91. The second-order valence-electron chi connectivity index (χ2n) is 4.10. The highest BCUT2D eigenvalue weighted by Gasteiger charge is 2.19. The molecule has 0 bridgehead atoms. The van der Waals surface area contributed by atoms with Crippen molar-refractivity contribution in [3.8, 4) is 0 Å². The van der Waals surface area contributed by atoms with Gasteiger partial charge in [-0.3, -0.25) is 14.9 Å². The van der Waals surface area contributed by atoms with Crippen LogP contribution in [0.4, 0.5) is 5.13 Å². The molecule has 0 saturated heterocycles. The number of thiazole rings is 1. The van der Waals surface area contributed by atoms with E-state index in [9.17, 15) is 9.59 Å². The lowest BCUT2D eigenvalue weighted by molar-refractivity contribution is 0.0992. The summed E-state index contributed by atoms with van der Waals surface area (Å²) in [7, 11) is 0. The maximum Gasteiger partial charge on any atom is 0.258 e. The molecule has 1 amide bonds. The normalized spacial score (nSPS) is 10.3. The molecule has 0 aliphatic carbocycles. The van der Waals surface area contributed by atoms with E-state index in [2.05, 4.69) is 20.3 Å². The van der Waals surface area contributed by atoms with E-state index in [0.717, 1.165) is 0 Å². The number of amides is 1. The molecular weight excluding hydrogens is 288 g/mol. The molecule has 2 heterocycles. The van der Waals surface area contributed by atoms with Crippen molar-refractivity contribution < 1.29 is 9.59 Å². The Morgan fingerprint density at radius 3 is 2.57 bits per heavy atom. The summed E-state index contributed by atoms with van der Waals surface area (Å²) < 4.78 is 0. The molecule has 3 rings (SSSR count). The highest BCUT2D eigenvalue weighted by atomic mass is 32.1. The minimum Gasteiger partial charge on any atom is -0.342 e. The highest BCUT2D eigenvalue weighted by molar-refractivity contribution is 7.13. The summed E-state index contributed by atoms with van der Waals surface area (Å²) in [5.41, 5.74) is 0.579. The maximum absolute atomic E-state index is 12.3. The molecule has 6 nitrogen and oxygen atoms in total. The third-order valence-electron chi connectivity index (χ3n) is 2.78. The summed E-state index contributed by atoms with van der Waals surface area (Å²) in [6, 6.07) is 6.60. The molecular formula is C14H10N4O2S. The summed E-state index contributed by atoms with van der Waals surface area (Å²) >= 11 is 1.31. The molecule has 0 radical (unpaired) electrons. The van der Waals surface area contributed by atoms with E-state index < -0.39 is 0 Å². The van der Waals surface area contributed by atoms with E-state index in [1.165, 1.54) is 17.5 Å². The smallest absolute Gasteiger partial charge is 0.258 e. The first-order valence-electron chi connectivity index (χ1n) is 6.09. The molecule has 104 valence electrons. The number of carbonyl (C=O) groups is 2. The number of aromatic nitrogens is 3. The number of H-pyrrole nitrogens is 1. The maximum atomic E-state index is 12.3. The molecule has 0 fully saturated rings. The standard InChI is InChI=1S/C14H10N4O2S/c19-11(12-15-5-6-16-12)9-3-1-2-4-10(9)13(20)18-14-17-7-8-21-14/h1-8H,(H,15,16)(H,17,18,20). The average molecular weight is 298 g/mol. The zero-order valence-corrected chi connectivity index (χ0v) is 11.6. The van der Waals surface area contributed by atoms with Crippen molar-refractivity contribution in [3.05, 3.63) is 65.2 Å². The zero-order chi connectivity index (χ0) is 14.7. The molecule has 0 aliphatic heterocycles. The molecule has 3 aromatic rings. The number of nitrogens with one attached hydrogen (secondary N) is 2. The molecule has 2 aromatic heterocycles. The molecule has 0 spiro atoms. The lowest BCUT2D eigenvalue weighted by Gasteiger charge is -2.06. The first-order chi connectivity index (χ1) is 10.3. The van der Waals surface area contributed by atoms with Crippen molar-refractivity contribution in [1.29, 1.82) is 0 Å². The number of aromatic amines is 1. The Bertz CT molecular complexity index is 766. The minimum absolute atomic E-state index is 0.199. The van der Waals surface area contributed by atoms with Gasteiger partial charge in [-0.2, -0.15) is 0 Å². The van der Waals surface area contributed by atoms with Gasteiger partial charge in [0.25, 0.3) is 5.91 Å². The Morgan fingerprint density at radius 1 is 1.10 bits per heavy atom. The van der Waals surface area contributed by atoms with Crippen LogP contribution in [0.25, 0.3) is 0 Å². The SMILES string of the molecule is O=C(Nc1nccs1)c1ccccc1C(=O)c1ncc[nH]1. The topological polar surface area (TPSA) is 87.7 Å². The summed E-state index contributed by atoms with van der Waals surface area (Å²) in [6.07, 6.45) is 4.65. The van der Waals surface area contributed by atoms with Crippen LogP contribution in [-0.2, 0) is 0 Å². The number of hydrogen-bond acceptors (Lipinski definition) is 5. The van der Waals surface area contributed by atoms with Crippen LogP contribution in [0.2, 0.25) is 0 Å². The Balaban J connectivity index is 1.92. The van der Waals surface area contributed by atoms with Crippen molar-refractivity contribution in [2.24, 2.45) is 0 Å². The predicted molar refractivity (Wildman–Crippen MR) is 78.5 cm³/mol. The summed E-state index contributed by atoms with van der Waals surface area (Å²) in [4.78, 5) is 35.3. The van der Waals surface area contributed by atoms with Gasteiger partial charge >= 0.3 is 0 Å². The average Bonchev–Trinajstić information content (AvgIpc) is 3.19. The Labute approximate surface area is 123 Å². The zero-order valence-electron chi connectivity index (χ0n) is 10.7. The number of anilines is 1. The van der Waals surface area contributed by atoms with Crippen LogP contribution in [0.3, 0.4) is 0 Å². The monoisotopic (exact) mass is 298 g/mol. The number of ketones is 1. The van der Waals surface area contributed by atoms with E-state index in [4.69, 9.17) is 0 Å². The van der Waals surface area contributed by atoms with Crippen molar-refractivity contribution in [2.75, 3.05) is 5.32 Å². The largest absolute Gasteiger partial charge is 0.342 e. The Kier molecular flexibility index (Phi) is 3.57. The minimum atomic E-state index is -0.375. The number of rotatable bonds is 4. The van der Waals surface area contributed by atoms with Gasteiger partial charge < -0.3 is 4.98 Å². The molecule has 21 heavy (non-hydrogen) atoms. The molecule has 0 aliphatic rings. The van der Waals surface area contributed by atoms with Gasteiger partial charge in [0.05, 0.1) is 5.56 Å². The quantitative estimate of drug-likeness (QED) is 0.724. The molecule has 1 aromatic carbocycles. The third-order valence-corrected chi connectivity index (χ3v) is 3.47. The van der Waals surface area contributed by atoms with Crippen LogP contribution in [-0.4, -0.2) is 26.6 Å². The van der Waals surface area contributed by atoms with Gasteiger partial charge in [-0.05, 0) is 6.07 Å². The van der Waals surface area contributed by atoms with Gasteiger partial charge in [0.2, 0.25) is 5.78 Å². The fourth-order valence-electron chi connectivity index (χ4n) is 1.85. The van der Waals surface area contributed by atoms with Crippen molar-refractivity contribution >= 4 is 28.2 Å². The summed E-state index contributed by atoms with van der Waals surface area (Å²) in [5.74, 6) is -0.505. The van der Waals surface area contributed by atoms with E-state index in [1.807, 2.05) is 0 Å². The predicted octanol–water partition coefficient (Wildman–Crippen LogP) is 2.35. The second-order valence-corrected chi connectivity index (χ2v) is 5.00. The lowest BCUT2D eigenvalue weighted by atomic mass is 10.0. The van der Waals surface area contributed by atoms with Crippen molar-refractivity contribution in [1.82, 2.24) is 15.0 Å². The van der Waals surface area contributed by atoms with Gasteiger partial charge in [-0.1, -0.05) is 18.2 Å².